The van der Waals surface area contributed by atoms with Crippen molar-refractivity contribution < 1.29 is 5.11 Å². The van der Waals surface area contributed by atoms with Gasteiger partial charge >= 0.3 is 0 Å². The van der Waals surface area contributed by atoms with E-state index in [1.165, 1.54) is 5.56 Å². The number of benzene rings is 2. The highest BCUT2D eigenvalue weighted by molar-refractivity contribution is 6.35. The molecule has 1 aliphatic carbocycles. The van der Waals surface area contributed by atoms with Gasteiger partial charge in [0, 0.05) is 5.02 Å². The molecule has 0 aromatic heterocycles. The van der Waals surface area contributed by atoms with Crippen LogP contribution < -0.4 is 5.32 Å². The molecule has 0 radical (unpaired) electrons. The van der Waals surface area contributed by atoms with E-state index in [1.54, 1.807) is 18.2 Å². The van der Waals surface area contributed by atoms with Gasteiger partial charge in [-0.2, -0.15) is 0 Å². The molecule has 20 heavy (non-hydrogen) atoms. The predicted molar refractivity (Wildman–Crippen MR) is 83.9 cm³/mol. The lowest BCUT2D eigenvalue weighted by molar-refractivity contribution is 0.471. The van der Waals surface area contributed by atoms with E-state index in [4.69, 9.17) is 23.2 Å². The van der Waals surface area contributed by atoms with E-state index in [2.05, 4.69) is 5.32 Å². The molecule has 2 N–H and O–H groups in total. The van der Waals surface area contributed by atoms with Crippen LogP contribution in [0.4, 0.5) is 5.69 Å². The fourth-order valence-electron chi connectivity index (χ4n) is 2.73. The molecule has 1 unspecified atom stereocenters. The predicted octanol–water partition coefficient (Wildman–Crippen LogP) is 5.19. The van der Waals surface area contributed by atoms with Crippen LogP contribution in [-0.4, -0.2) is 5.11 Å². The van der Waals surface area contributed by atoms with Crippen LogP contribution in [0.15, 0.2) is 36.4 Å². The second-order valence-electron chi connectivity index (χ2n) is 5.10. The van der Waals surface area contributed by atoms with Crippen molar-refractivity contribution in [3.8, 4) is 5.75 Å². The maximum atomic E-state index is 9.70. The normalized spacial score (nSPS) is 17.6. The van der Waals surface area contributed by atoms with Gasteiger partial charge in [-0.15, -0.1) is 0 Å². The highest BCUT2D eigenvalue weighted by Gasteiger charge is 2.21. The van der Waals surface area contributed by atoms with E-state index >= 15 is 0 Å². The van der Waals surface area contributed by atoms with Gasteiger partial charge in [-0.05, 0) is 60.7 Å². The van der Waals surface area contributed by atoms with Crippen LogP contribution in [0.1, 0.15) is 30.0 Å². The van der Waals surface area contributed by atoms with Crippen molar-refractivity contribution >= 4 is 28.9 Å². The Labute approximate surface area is 128 Å². The zero-order valence-electron chi connectivity index (χ0n) is 10.9. The van der Waals surface area contributed by atoms with E-state index in [9.17, 15) is 5.11 Å². The molecule has 0 aliphatic heterocycles. The monoisotopic (exact) mass is 307 g/mol. The molecule has 1 aliphatic rings. The number of halogens is 2. The van der Waals surface area contributed by atoms with E-state index in [0.29, 0.717) is 15.8 Å². The maximum absolute atomic E-state index is 9.70. The molecule has 0 saturated heterocycles. The molecule has 0 spiro atoms. The first-order chi connectivity index (χ1) is 9.63. The Hall–Kier alpha value is -1.38. The number of phenols is 1. The van der Waals surface area contributed by atoms with Crippen LogP contribution in [0, 0.1) is 0 Å². The first kappa shape index (κ1) is 13.6. The lowest BCUT2D eigenvalue weighted by Gasteiger charge is -2.27. The second-order valence-corrected chi connectivity index (χ2v) is 5.94. The summed E-state index contributed by atoms with van der Waals surface area (Å²) < 4.78 is 0. The van der Waals surface area contributed by atoms with Gasteiger partial charge < -0.3 is 10.4 Å². The van der Waals surface area contributed by atoms with Gasteiger partial charge in [-0.1, -0.05) is 29.3 Å². The Kier molecular flexibility index (Phi) is 3.77. The molecule has 3 rings (SSSR count). The topological polar surface area (TPSA) is 32.3 Å². The Balaban J connectivity index is 1.93. The fraction of sp³-hybridized carbons (Fsp3) is 0.250. The standard InChI is InChI=1S/C16H15Cl2NO/c17-11-5-7-14(18)16(8-11)19-15-3-1-2-10-4-6-12(20)9-13(10)15/h4-9,15,19-20H,1-3H2. The van der Waals surface area contributed by atoms with Gasteiger partial charge in [-0.3, -0.25) is 0 Å². The van der Waals surface area contributed by atoms with E-state index in [-0.39, 0.29) is 6.04 Å². The summed E-state index contributed by atoms with van der Waals surface area (Å²) in [5.74, 6) is 0.301. The maximum Gasteiger partial charge on any atom is 0.115 e. The molecule has 0 saturated carbocycles. The van der Waals surface area contributed by atoms with E-state index in [0.717, 1.165) is 30.5 Å². The minimum Gasteiger partial charge on any atom is -0.508 e. The molecule has 104 valence electrons. The summed E-state index contributed by atoms with van der Waals surface area (Å²) in [6.45, 7) is 0. The van der Waals surface area contributed by atoms with Crippen LogP contribution in [0.3, 0.4) is 0 Å². The third-order valence-electron chi connectivity index (χ3n) is 3.70. The fourth-order valence-corrected chi connectivity index (χ4v) is 3.08. The van der Waals surface area contributed by atoms with Crippen molar-refractivity contribution in [2.45, 2.75) is 25.3 Å². The summed E-state index contributed by atoms with van der Waals surface area (Å²) in [7, 11) is 0. The highest BCUT2D eigenvalue weighted by atomic mass is 35.5. The van der Waals surface area contributed by atoms with Gasteiger partial charge in [0.25, 0.3) is 0 Å². The molecular formula is C16H15Cl2NO. The molecule has 0 fully saturated rings. The third-order valence-corrected chi connectivity index (χ3v) is 4.27. The average Bonchev–Trinajstić information content (AvgIpc) is 2.43. The summed E-state index contributed by atoms with van der Waals surface area (Å²) in [6, 6.07) is 11.1. The van der Waals surface area contributed by atoms with Crippen LogP contribution in [0.5, 0.6) is 5.75 Å². The first-order valence-corrected chi connectivity index (χ1v) is 7.42. The van der Waals surface area contributed by atoms with Crippen LogP contribution in [0.2, 0.25) is 10.0 Å². The summed E-state index contributed by atoms with van der Waals surface area (Å²) in [5.41, 5.74) is 3.26. The quantitative estimate of drug-likeness (QED) is 0.800. The number of phenolic OH excluding ortho intramolecular Hbond substituents is 1. The molecule has 2 aromatic carbocycles. The van der Waals surface area contributed by atoms with Gasteiger partial charge in [-0.25, -0.2) is 0 Å². The molecule has 1 atom stereocenters. The number of anilines is 1. The van der Waals surface area contributed by atoms with E-state index in [1.807, 2.05) is 18.2 Å². The molecule has 2 nitrogen and oxygen atoms in total. The minimum atomic E-state index is 0.154. The number of nitrogens with one attached hydrogen (secondary N) is 1. The zero-order chi connectivity index (χ0) is 14.1. The number of aromatic hydroxyl groups is 1. The van der Waals surface area contributed by atoms with Crippen molar-refractivity contribution in [1.82, 2.24) is 0 Å². The van der Waals surface area contributed by atoms with Crippen molar-refractivity contribution in [3.63, 3.8) is 0 Å². The Bertz CT molecular complexity index is 642. The van der Waals surface area contributed by atoms with Crippen molar-refractivity contribution in [1.29, 1.82) is 0 Å². The van der Waals surface area contributed by atoms with Gasteiger partial charge in [0.2, 0.25) is 0 Å². The third kappa shape index (κ3) is 2.72. The SMILES string of the molecule is Oc1ccc2c(c1)C(Nc1cc(Cl)ccc1Cl)CCC2. The summed E-state index contributed by atoms with van der Waals surface area (Å²) in [4.78, 5) is 0. The van der Waals surface area contributed by atoms with Crippen LogP contribution >= 0.6 is 23.2 Å². The molecule has 0 heterocycles. The van der Waals surface area contributed by atoms with Crippen molar-refractivity contribution in [2.75, 3.05) is 5.32 Å². The molecule has 0 amide bonds. The number of rotatable bonds is 2. The van der Waals surface area contributed by atoms with Crippen molar-refractivity contribution in [2.24, 2.45) is 0 Å². The first-order valence-electron chi connectivity index (χ1n) is 6.67. The Morgan fingerprint density at radius 2 is 1.95 bits per heavy atom. The van der Waals surface area contributed by atoms with E-state index < -0.39 is 0 Å². The number of aryl methyl sites for hydroxylation is 1. The number of hydrogen-bond donors (Lipinski definition) is 2. The number of hydrogen-bond acceptors (Lipinski definition) is 2. The van der Waals surface area contributed by atoms with Crippen LogP contribution in [0.25, 0.3) is 0 Å². The summed E-state index contributed by atoms with van der Waals surface area (Å²) >= 11 is 12.2. The smallest absolute Gasteiger partial charge is 0.115 e. The largest absolute Gasteiger partial charge is 0.508 e. The van der Waals surface area contributed by atoms with Gasteiger partial charge in [0.05, 0.1) is 16.8 Å². The van der Waals surface area contributed by atoms with Crippen LogP contribution in [-0.2, 0) is 6.42 Å². The Morgan fingerprint density at radius 1 is 1.10 bits per heavy atom. The van der Waals surface area contributed by atoms with Crippen molar-refractivity contribution in [3.05, 3.63) is 57.6 Å². The second kappa shape index (κ2) is 5.55. The molecule has 2 aromatic rings. The minimum absolute atomic E-state index is 0.154. The average molecular weight is 308 g/mol. The van der Waals surface area contributed by atoms with Gasteiger partial charge in [0.1, 0.15) is 5.75 Å². The lowest BCUT2D eigenvalue weighted by atomic mass is 9.87. The molecule has 0 bridgehead atoms. The number of fused-ring (bicyclic) bond motifs is 1. The summed E-state index contributed by atoms with van der Waals surface area (Å²) in [5, 5.41) is 14.5. The lowest BCUT2D eigenvalue weighted by Crippen LogP contribution is -2.17. The van der Waals surface area contributed by atoms with Gasteiger partial charge in [0.15, 0.2) is 0 Å². The zero-order valence-corrected chi connectivity index (χ0v) is 12.4. The summed E-state index contributed by atoms with van der Waals surface area (Å²) in [6.07, 6.45) is 3.18. The Morgan fingerprint density at radius 3 is 2.80 bits per heavy atom. The molecule has 4 heteroatoms. The highest BCUT2D eigenvalue weighted by Crippen LogP contribution is 2.36. The molecular weight excluding hydrogens is 293 g/mol.